The van der Waals surface area contributed by atoms with Crippen LogP contribution in [0.15, 0.2) is 131 Å². The molecule has 0 atom stereocenters. The van der Waals surface area contributed by atoms with Gasteiger partial charge in [0, 0.05) is 31.3 Å². The van der Waals surface area contributed by atoms with Gasteiger partial charge in [0.1, 0.15) is 23.0 Å². The van der Waals surface area contributed by atoms with Gasteiger partial charge >= 0.3 is 11.9 Å². The second-order valence-corrected chi connectivity index (χ2v) is 15.5. The van der Waals surface area contributed by atoms with Gasteiger partial charge in [-0.25, -0.2) is 9.59 Å². The summed E-state index contributed by atoms with van der Waals surface area (Å²) >= 11 is 0. The molecular weight excluding hydrogens is 805 g/mol. The molecule has 338 valence electrons. The number of ether oxygens (including phenoxy) is 6. The first-order chi connectivity index (χ1) is 31.3. The standard InChI is InChI=1S/C54H64N2O8/c1-5-12-47(13-6-2)59-34-10-36-61-49-30-26-45(27-31-49)55-39-41-18-22-43(23-19-41)53(57)63-51-16-9-17-52(38-51)64-54(58)44-24-20-42(21-25-44)40-56-46-28-32-50(33-29-46)62-37-11-35-60-48(14-7-3)15-8-4/h9,16-33,38-40,47-48H,5-8,10-15,34-37H2,1-4H3. The summed E-state index contributed by atoms with van der Waals surface area (Å²) < 4.78 is 35.0. The molecule has 0 aliphatic rings. The van der Waals surface area contributed by atoms with Crippen molar-refractivity contribution in [1.29, 1.82) is 0 Å². The molecule has 0 N–H and O–H groups in total. The first-order valence-corrected chi connectivity index (χ1v) is 22.9. The minimum atomic E-state index is -0.545. The van der Waals surface area contributed by atoms with Crippen LogP contribution in [0, 0.1) is 0 Å². The summed E-state index contributed by atoms with van der Waals surface area (Å²) in [5.41, 5.74) is 3.93. The number of nitrogens with zero attached hydrogens (tertiary/aromatic N) is 2. The Labute approximate surface area is 379 Å². The maximum atomic E-state index is 13.0. The van der Waals surface area contributed by atoms with Crippen molar-refractivity contribution < 1.29 is 38.0 Å². The van der Waals surface area contributed by atoms with Crippen molar-refractivity contribution in [2.75, 3.05) is 26.4 Å². The SMILES string of the molecule is CCCC(CCC)OCCCOc1ccc(N=Cc2ccc(C(=O)Oc3cccc(OC(=O)c4ccc(C=Nc5ccc(OCCCOC(CCC)CCC)cc5)cc4)c3)cc2)cc1. The Bertz CT molecular complexity index is 2000. The number of aliphatic imine (C=N–C) groups is 2. The minimum Gasteiger partial charge on any atom is -0.494 e. The van der Waals surface area contributed by atoms with Crippen LogP contribution in [-0.4, -0.2) is 63.0 Å². The van der Waals surface area contributed by atoms with Crippen LogP contribution in [0.5, 0.6) is 23.0 Å². The third-order valence-corrected chi connectivity index (χ3v) is 10.2. The fourth-order valence-electron chi connectivity index (χ4n) is 6.81. The molecule has 0 spiro atoms. The molecule has 10 heteroatoms. The third-order valence-electron chi connectivity index (χ3n) is 10.2. The van der Waals surface area contributed by atoms with Gasteiger partial charge in [-0.15, -0.1) is 0 Å². The lowest BCUT2D eigenvalue weighted by atomic mass is 10.1. The first kappa shape index (κ1) is 48.9. The van der Waals surface area contributed by atoms with E-state index >= 15 is 0 Å². The Morgan fingerprint density at radius 3 is 1.20 bits per heavy atom. The molecular formula is C54H64N2O8. The quantitative estimate of drug-likeness (QED) is 0.0211. The molecule has 0 saturated carbocycles. The van der Waals surface area contributed by atoms with Gasteiger partial charge in [0.2, 0.25) is 0 Å². The minimum absolute atomic E-state index is 0.244. The molecule has 0 aliphatic heterocycles. The molecule has 0 fully saturated rings. The Hall–Kier alpha value is -6.10. The lowest BCUT2D eigenvalue weighted by Crippen LogP contribution is -2.14. The topological polar surface area (TPSA) is 114 Å². The highest BCUT2D eigenvalue weighted by Gasteiger charge is 2.13. The molecule has 5 rings (SSSR count). The molecule has 0 radical (unpaired) electrons. The van der Waals surface area contributed by atoms with Crippen molar-refractivity contribution in [3.8, 4) is 23.0 Å². The van der Waals surface area contributed by atoms with Crippen molar-refractivity contribution in [2.24, 2.45) is 9.98 Å². The Morgan fingerprint density at radius 2 is 0.844 bits per heavy atom. The molecule has 5 aromatic rings. The van der Waals surface area contributed by atoms with Crippen LogP contribution in [-0.2, 0) is 9.47 Å². The maximum absolute atomic E-state index is 13.0. The van der Waals surface area contributed by atoms with Gasteiger partial charge in [-0.05, 0) is 122 Å². The monoisotopic (exact) mass is 868 g/mol. The highest BCUT2D eigenvalue weighted by atomic mass is 16.5. The van der Waals surface area contributed by atoms with Gasteiger partial charge in [0.05, 0.1) is 61.1 Å². The number of rotatable bonds is 28. The molecule has 64 heavy (non-hydrogen) atoms. The Balaban J connectivity index is 1.02. The molecule has 0 aliphatic carbocycles. The summed E-state index contributed by atoms with van der Waals surface area (Å²) in [7, 11) is 0. The van der Waals surface area contributed by atoms with Crippen molar-refractivity contribution in [3.63, 3.8) is 0 Å². The fraction of sp³-hybridized carbons (Fsp3) is 0.370. The van der Waals surface area contributed by atoms with Crippen molar-refractivity contribution in [3.05, 3.63) is 144 Å². The van der Waals surface area contributed by atoms with Gasteiger partial charge in [-0.1, -0.05) is 83.7 Å². The smallest absolute Gasteiger partial charge is 0.343 e. The van der Waals surface area contributed by atoms with Crippen LogP contribution in [0.3, 0.4) is 0 Å². The molecule has 0 amide bonds. The second-order valence-electron chi connectivity index (χ2n) is 15.5. The van der Waals surface area contributed by atoms with Crippen molar-refractivity contribution in [1.82, 2.24) is 0 Å². The Kier molecular flexibility index (Phi) is 21.3. The van der Waals surface area contributed by atoms with Crippen LogP contribution < -0.4 is 18.9 Å². The highest BCUT2D eigenvalue weighted by molar-refractivity contribution is 5.93. The average Bonchev–Trinajstić information content (AvgIpc) is 3.31. The molecule has 0 saturated heterocycles. The highest BCUT2D eigenvalue weighted by Crippen LogP contribution is 2.24. The normalized spacial score (nSPS) is 11.5. The maximum Gasteiger partial charge on any atom is 0.343 e. The number of benzene rings is 5. The molecule has 0 heterocycles. The fourth-order valence-corrected chi connectivity index (χ4v) is 6.81. The predicted octanol–water partition coefficient (Wildman–Crippen LogP) is 13.1. The summed E-state index contributed by atoms with van der Waals surface area (Å²) in [5, 5.41) is 0. The number of carbonyl (C=O) groups excluding carboxylic acids is 2. The summed E-state index contributed by atoms with van der Waals surface area (Å²) in [6.45, 7) is 11.4. The molecule has 0 unspecified atom stereocenters. The van der Waals surface area contributed by atoms with Crippen molar-refractivity contribution >= 4 is 35.7 Å². The van der Waals surface area contributed by atoms with Crippen LogP contribution in [0.25, 0.3) is 0 Å². The van der Waals surface area contributed by atoms with E-state index in [2.05, 4.69) is 37.7 Å². The summed E-state index contributed by atoms with van der Waals surface area (Å²) in [5.74, 6) is 0.976. The molecule has 0 bridgehead atoms. The number of hydrogen-bond donors (Lipinski definition) is 0. The number of carbonyl (C=O) groups is 2. The summed E-state index contributed by atoms with van der Waals surface area (Å²) in [4.78, 5) is 35.1. The van der Waals surface area contributed by atoms with E-state index in [1.807, 2.05) is 48.5 Å². The zero-order valence-corrected chi connectivity index (χ0v) is 37.9. The van der Waals surface area contributed by atoms with Crippen molar-refractivity contribution in [2.45, 2.75) is 104 Å². The lowest BCUT2D eigenvalue weighted by Gasteiger charge is -2.16. The van der Waals surface area contributed by atoms with Gasteiger partial charge in [0.15, 0.2) is 0 Å². The van der Waals surface area contributed by atoms with E-state index in [9.17, 15) is 9.59 Å². The van der Waals surface area contributed by atoms with E-state index in [1.165, 1.54) is 6.07 Å². The molecule has 10 nitrogen and oxygen atoms in total. The average molecular weight is 869 g/mol. The van der Waals surface area contributed by atoms with Crippen LogP contribution in [0.1, 0.15) is 124 Å². The van der Waals surface area contributed by atoms with Crippen LogP contribution in [0.2, 0.25) is 0 Å². The zero-order chi connectivity index (χ0) is 45.2. The molecule has 0 aromatic heterocycles. The van der Waals surface area contributed by atoms with Gasteiger partial charge in [-0.3, -0.25) is 9.98 Å². The van der Waals surface area contributed by atoms with Crippen LogP contribution >= 0.6 is 0 Å². The van der Waals surface area contributed by atoms with E-state index in [-0.39, 0.29) is 11.5 Å². The van der Waals surface area contributed by atoms with Crippen LogP contribution in [0.4, 0.5) is 11.4 Å². The predicted molar refractivity (Wildman–Crippen MR) is 256 cm³/mol. The lowest BCUT2D eigenvalue weighted by molar-refractivity contribution is 0.0339. The second kappa shape index (κ2) is 27.9. The van der Waals surface area contributed by atoms with E-state index in [0.717, 1.165) is 98.2 Å². The zero-order valence-electron chi connectivity index (χ0n) is 37.9. The Morgan fingerprint density at radius 1 is 0.469 bits per heavy atom. The number of esters is 2. The van der Waals surface area contributed by atoms with E-state index in [0.29, 0.717) is 49.8 Å². The summed E-state index contributed by atoms with van der Waals surface area (Å²) in [6.07, 6.45) is 14.8. The first-order valence-electron chi connectivity index (χ1n) is 22.9. The number of hydrogen-bond acceptors (Lipinski definition) is 10. The molecule has 5 aromatic carbocycles. The van der Waals surface area contributed by atoms with E-state index in [4.69, 9.17) is 28.4 Å². The van der Waals surface area contributed by atoms with E-state index in [1.54, 1.807) is 79.2 Å². The van der Waals surface area contributed by atoms with Gasteiger partial charge < -0.3 is 28.4 Å². The summed E-state index contributed by atoms with van der Waals surface area (Å²) in [6, 6.07) is 35.5. The third kappa shape index (κ3) is 17.6. The van der Waals surface area contributed by atoms with E-state index < -0.39 is 11.9 Å². The largest absolute Gasteiger partial charge is 0.494 e. The van der Waals surface area contributed by atoms with Gasteiger partial charge in [-0.2, -0.15) is 0 Å². The van der Waals surface area contributed by atoms with Gasteiger partial charge in [0.25, 0.3) is 0 Å².